The summed E-state index contributed by atoms with van der Waals surface area (Å²) in [7, 11) is -4.18. The molecule has 4 N–H and O–H groups in total. The molecule has 1 saturated heterocycles. The number of aryl methyl sites for hydroxylation is 1. The molecule has 0 spiro atoms. The number of nitrogens with one attached hydrogen (secondary N) is 2. The van der Waals surface area contributed by atoms with Crippen molar-refractivity contribution in [1.82, 2.24) is 14.5 Å². The average molecular weight is 555 g/mol. The van der Waals surface area contributed by atoms with E-state index in [2.05, 4.69) is 10.6 Å². The number of carbonyl (C=O) groups is 2. The van der Waals surface area contributed by atoms with E-state index in [9.17, 15) is 18.0 Å². The molecule has 9 nitrogen and oxygen atoms in total. The summed E-state index contributed by atoms with van der Waals surface area (Å²) in [5, 5.41) is 5.99. The Hall–Kier alpha value is -2.37. The zero-order chi connectivity index (χ0) is 26.0. The Balaban J connectivity index is 1.62. The van der Waals surface area contributed by atoms with Crippen LogP contribution in [0.2, 0.25) is 10.0 Å². The van der Waals surface area contributed by atoms with Crippen LogP contribution in [0.25, 0.3) is 0 Å². The SMILES string of the molecule is Cc1ccc(NC(=O)N2CCN(S(=O)(=O)c3ccc(Cl)c(Cl)c3)C2C(=O)NC2CCC(N)CC2)cc1. The zero-order valence-corrected chi connectivity index (χ0v) is 22.1. The number of hydrogen-bond donors (Lipinski definition) is 3. The summed E-state index contributed by atoms with van der Waals surface area (Å²) in [5.74, 6) is -0.560. The van der Waals surface area contributed by atoms with Gasteiger partial charge >= 0.3 is 6.03 Å². The number of sulfonamides is 1. The number of hydrogen-bond acceptors (Lipinski definition) is 5. The summed E-state index contributed by atoms with van der Waals surface area (Å²) in [5.41, 5.74) is 7.54. The molecule has 0 radical (unpaired) electrons. The summed E-state index contributed by atoms with van der Waals surface area (Å²) in [6, 6.07) is 10.5. The van der Waals surface area contributed by atoms with Crippen LogP contribution in [-0.4, -0.2) is 60.9 Å². The van der Waals surface area contributed by atoms with Gasteiger partial charge in [0.05, 0.1) is 14.9 Å². The van der Waals surface area contributed by atoms with Gasteiger partial charge in [-0.2, -0.15) is 4.31 Å². The Morgan fingerprint density at radius 3 is 2.28 bits per heavy atom. The molecular weight excluding hydrogens is 525 g/mol. The summed E-state index contributed by atoms with van der Waals surface area (Å²) >= 11 is 12.0. The molecule has 0 aromatic heterocycles. The summed E-state index contributed by atoms with van der Waals surface area (Å²) < 4.78 is 28.2. The number of carbonyl (C=O) groups excluding carboxylic acids is 2. The van der Waals surface area contributed by atoms with Gasteiger partial charge in [0.1, 0.15) is 0 Å². The first-order valence-corrected chi connectivity index (χ1v) is 13.9. The van der Waals surface area contributed by atoms with Crippen LogP contribution in [0.1, 0.15) is 31.2 Å². The Labute approximate surface area is 221 Å². The van der Waals surface area contributed by atoms with Crippen molar-refractivity contribution in [2.45, 2.75) is 55.8 Å². The number of urea groups is 1. The first-order valence-electron chi connectivity index (χ1n) is 11.7. The highest BCUT2D eigenvalue weighted by atomic mass is 35.5. The normalized spacial score (nSPS) is 22.9. The highest BCUT2D eigenvalue weighted by molar-refractivity contribution is 7.89. The maximum atomic E-state index is 13.6. The third-order valence-electron chi connectivity index (χ3n) is 6.54. The molecule has 2 aromatic carbocycles. The van der Waals surface area contributed by atoms with Gasteiger partial charge in [0, 0.05) is 30.9 Å². The Morgan fingerprint density at radius 1 is 0.972 bits per heavy atom. The number of rotatable bonds is 5. The van der Waals surface area contributed by atoms with Crippen molar-refractivity contribution in [3.05, 3.63) is 58.1 Å². The second-order valence-corrected chi connectivity index (χ2v) is 11.9. The minimum atomic E-state index is -4.18. The van der Waals surface area contributed by atoms with Gasteiger partial charge in [-0.1, -0.05) is 40.9 Å². The van der Waals surface area contributed by atoms with Crippen LogP contribution in [0.3, 0.4) is 0 Å². The monoisotopic (exact) mass is 553 g/mol. The molecule has 2 aromatic rings. The van der Waals surface area contributed by atoms with Crippen molar-refractivity contribution < 1.29 is 18.0 Å². The van der Waals surface area contributed by atoms with E-state index in [0.717, 1.165) is 22.7 Å². The summed E-state index contributed by atoms with van der Waals surface area (Å²) in [6.07, 6.45) is 1.53. The Bertz CT molecular complexity index is 1230. The smallest absolute Gasteiger partial charge is 0.323 e. The molecule has 1 heterocycles. The minimum absolute atomic E-state index is 0.0336. The van der Waals surface area contributed by atoms with Crippen molar-refractivity contribution in [3.8, 4) is 0 Å². The predicted octanol–water partition coefficient (Wildman–Crippen LogP) is 3.55. The largest absolute Gasteiger partial charge is 0.350 e. The molecule has 1 aliphatic heterocycles. The van der Waals surface area contributed by atoms with Crippen molar-refractivity contribution in [1.29, 1.82) is 0 Å². The fourth-order valence-corrected chi connectivity index (χ4v) is 6.42. The summed E-state index contributed by atoms with van der Waals surface area (Å²) in [6.45, 7) is 1.90. The van der Waals surface area contributed by atoms with E-state index < -0.39 is 28.1 Å². The van der Waals surface area contributed by atoms with Gasteiger partial charge in [-0.25, -0.2) is 13.2 Å². The number of benzene rings is 2. The second-order valence-electron chi connectivity index (χ2n) is 9.18. The van der Waals surface area contributed by atoms with Gasteiger partial charge in [0.25, 0.3) is 5.91 Å². The number of nitrogens with zero attached hydrogens (tertiary/aromatic N) is 2. The minimum Gasteiger partial charge on any atom is -0.350 e. The number of nitrogens with two attached hydrogens (primary N) is 1. The lowest BCUT2D eigenvalue weighted by Crippen LogP contribution is -2.56. The topological polar surface area (TPSA) is 125 Å². The van der Waals surface area contributed by atoms with E-state index in [1.807, 2.05) is 19.1 Å². The average Bonchev–Trinajstić information content (AvgIpc) is 3.30. The molecule has 4 rings (SSSR count). The van der Waals surface area contributed by atoms with Crippen molar-refractivity contribution in [2.75, 3.05) is 18.4 Å². The van der Waals surface area contributed by atoms with E-state index in [4.69, 9.17) is 28.9 Å². The van der Waals surface area contributed by atoms with Crippen molar-refractivity contribution in [2.24, 2.45) is 5.73 Å². The highest BCUT2D eigenvalue weighted by Gasteiger charge is 2.47. The fourth-order valence-electron chi connectivity index (χ4n) is 4.49. The van der Waals surface area contributed by atoms with Gasteiger partial charge in [0.15, 0.2) is 6.17 Å². The fraction of sp³-hybridized carbons (Fsp3) is 0.417. The molecule has 1 saturated carbocycles. The number of halogens is 2. The molecule has 2 aliphatic rings. The van der Waals surface area contributed by atoms with E-state index in [0.29, 0.717) is 18.5 Å². The van der Waals surface area contributed by atoms with Crippen LogP contribution in [0, 0.1) is 6.92 Å². The van der Waals surface area contributed by atoms with Crippen LogP contribution in [0.15, 0.2) is 47.4 Å². The molecule has 36 heavy (non-hydrogen) atoms. The van der Waals surface area contributed by atoms with Crippen molar-refractivity contribution >= 4 is 50.9 Å². The van der Waals surface area contributed by atoms with Gasteiger partial charge in [-0.3, -0.25) is 9.69 Å². The maximum Gasteiger partial charge on any atom is 0.323 e. The third kappa shape index (κ3) is 5.78. The molecule has 1 aliphatic carbocycles. The molecule has 1 unspecified atom stereocenters. The van der Waals surface area contributed by atoms with Crippen LogP contribution < -0.4 is 16.4 Å². The standard InChI is InChI=1S/C24H29Cl2N5O4S/c1-15-2-6-18(7-3-15)29-24(33)30-12-13-31(36(34,35)19-10-11-20(25)21(26)14-19)23(30)22(32)28-17-8-4-16(27)5-9-17/h2-3,6-7,10-11,14,16-17,23H,4-5,8-9,12-13,27H2,1H3,(H,28,32)(H,29,33). The number of amides is 3. The molecular formula is C24H29Cl2N5O4S. The van der Waals surface area contributed by atoms with E-state index in [1.54, 1.807) is 12.1 Å². The van der Waals surface area contributed by atoms with Gasteiger partial charge < -0.3 is 16.4 Å². The Kier molecular flexibility index (Phi) is 8.11. The van der Waals surface area contributed by atoms with Crippen LogP contribution in [0.5, 0.6) is 0 Å². The zero-order valence-electron chi connectivity index (χ0n) is 19.8. The van der Waals surface area contributed by atoms with Gasteiger partial charge in [-0.05, 0) is 62.9 Å². The maximum absolute atomic E-state index is 13.6. The molecule has 1 atom stereocenters. The van der Waals surface area contributed by atoms with E-state index in [1.165, 1.54) is 23.1 Å². The lowest BCUT2D eigenvalue weighted by atomic mass is 9.92. The highest BCUT2D eigenvalue weighted by Crippen LogP contribution is 2.30. The number of anilines is 1. The molecule has 0 bridgehead atoms. The first-order chi connectivity index (χ1) is 17.1. The van der Waals surface area contributed by atoms with E-state index >= 15 is 0 Å². The second kappa shape index (κ2) is 10.9. The molecule has 2 fully saturated rings. The van der Waals surface area contributed by atoms with Crippen LogP contribution in [-0.2, 0) is 14.8 Å². The van der Waals surface area contributed by atoms with Gasteiger partial charge in [-0.15, -0.1) is 0 Å². The third-order valence-corrected chi connectivity index (χ3v) is 9.13. The quantitative estimate of drug-likeness (QED) is 0.522. The molecule has 3 amide bonds. The van der Waals surface area contributed by atoms with Crippen LogP contribution in [0.4, 0.5) is 10.5 Å². The predicted molar refractivity (Wildman–Crippen MR) is 139 cm³/mol. The Morgan fingerprint density at radius 2 is 1.64 bits per heavy atom. The van der Waals surface area contributed by atoms with E-state index in [-0.39, 0.29) is 40.1 Å². The lowest BCUT2D eigenvalue weighted by molar-refractivity contribution is -0.128. The molecule has 12 heteroatoms. The van der Waals surface area contributed by atoms with Gasteiger partial charge in [0.2, 0.25) is 10.0 Å². The van der Waals surface area contributed by atoms with Crippen LogP contribution >= 0.6 is 23.2 Å². The first kappa shape index (κ1) is 26.7. The van der Waals surface area contributed by atoms with Crippen molar-refractivity contribution in [3.63, 3.8) is 0 Å². The molecule has 194 valence electrons. The lowest BCUT2D eigenvalue weighted by Gasteiger charge is -2.32. The summed E-state index contributed by atoms with van der Waals surface area (Å²) in [4.78, 5) is 27.8.